The van der Waals surface area contributed by atoms with Gasteiger partial charge in [0.1, 0.15) is 28.7 Å². The van der Waals surface area contributed by atoms with Crippen molar-refractivity contribution in [1.82, 2.24) is 29.1 Å². The number of nitrogens with zero attached hydrogens (tertiary/aromatic N) is 6. The van der Waals surface area contributed by atoms with Crippen LogP contribution in [0.15, 0.2) is 48.9 Å². The van der Waals surface area contributed by atoms with E-state index in [1.165, 1.54) is 12.1 Å². The first-order valence-electron chi connectivity index (χ1n) is 9.29. The molecule has 0 bridgehead atoms. The summed E-state index contributed by atoms with van der Waals surface area (Å²) in [6.45, 7) is 1.95. The molecule has 0 amide bonds. The summed E-state index contributed by atoms with van der Waals surface area (Å²) < 4.78 is 56.8. The van der Waals surface area contributed by atoms with Crippen molar-refractivity contribution in [1.29, 1.82) is 0 Å². The number of fused-ring (bicyclic) bond motifs is 2. The number of pyridine rings is 1. The molecule has 0 saturated heterocycles. The van der Waals surface area contributed by atoms with Gasteiger partial charge in [-0.25, -0.2) is 32.5 Å². The first kappa shape index (κ1) is 19.2. The lowest BCUT2D eigenvalue weighted by Gasteiger charge is -2.09. The van der Waals surface area contributed by atoms with Crippen LogP contribution in [0.5, 0.6) is 0 Å². The Kier molecular flexibility index (Phi) is 4.42. The van der Waals surface area contributed by atoms with Gasteiger partial charge in [0.05, 0.1) is 23.6 Å². The fourth-order valence-electron chi connectivity index (χ4n) is 3.55. The molecular formula is C21H14F4N6. The van der Waals surface area contributed by atoms with Crippen molar-refractivity contribution < 1.29 is 17.6 Å². The maximum atomic E-state index is 13.6. The lowest BCUT2D eigenvalue weighted by molar-refractivity contribution is 0.146. The Balaban J connectivity index is 1.63. The Morgan fingerprint density at radius 3 is 2.48 bits per heavy atom. The lowest BCUT2D eigenvalue weighted by atomic mass is 10.2. The quantitative estimate of drug-likeness (QED) is 0.390. The largest absolute Gasteiger partial charge is 0.322 e. The van der Waals surface area contributed by atoms with Crippen molar-refractivity contribution in [3.8, 4) is 5.69 Å². The Morgan fingerprint density at radius 2 is 1.74 bits per heavy atom. The van der Waals surface area contributed by atoms with Gasteiger partial charge in [0.25, 0.3) is 6.43 Å². The van der Waals surface area contributed by atoms with E-state index in [-0.39, 0.29) is 12.2 Å². The molecule has 6 nitrogen and oxygen atoms in total. The van der Waals surface area contributed by atoms with E-state index in [4.69, 9.17) is 0 Å². The molecule has 31 heavy (non-hydrogen) atoms. The monoisotopic (exact) mass is 426 g/mol. The number of hydrogen-bond acceptors (Lipinski definition) is 4. The zero-order valence-electron chi connectivity index (χ0n) is 16.1. The molecule has 0 spiro atoms. The van der Waals surface area contributed by atoms with Crippen LogP contribution < -0.4 is 0 Å². The zero-order valence-corrected chi connectivity index (χ0v) is 16.1. The third-order valence-corrected chi connectivity index (χ3v) is 4.96. The van der Waals surface area contributed by atoms with Crippen LogP contribution in [0.1, 0.15) is 23.5 Å². The third-order valence-electron chi connectivity index (χ3n) is 4.96. The van der Waals surface area contributed by atoms with Crippen LogP contribution in [-0.4, -0.2) is 29.1 Å². The molecule has 0 atom stereocenters. The molecule has 0 saturated carbocycles. The van der Waals surface area contributed by atoms with Gasteiger partial charge in [0.15, 0.2) is 11.3 Å². The zero-order chi connectivity index (χ0) is 21.7. The highest BCUT2D eigenvalue weighted by Crippen LogP contribution is 2.24. The molecule has 0 N–H and O–H groups in total. The summed E-state index contributed by atoms with van der Waals surface area (Å²) in [6.07, 6.45) is 1.53. The number of alkyl halides is 2. The van der Waals surface area contributed by atoms with Crippen molar-refractivity contribution >= 4 is 22.3 Å². The van der Waals surface area contributed by atoms with E-state index in [9.17, 15) is 17.6 Å². The number of rotatable bonds is 4. The molecular weight excluding hydrogens is 412 g/mol. The van der Waals surface area contributed by atoms with Crippen molar-refractivity contribution in [3.63, 3.8) is 0 Å². The maximum absolute atomic E-state index is 13.6. The standard InChI is InChI=1S/C21H14F4N6/c1-11-28-20-18(31(11)10-12-4-13(22)6-14(23)5-12)7-15(8-27-20)30-3-2-16-21(30)29-17(9-26-16)19(24)25/h2-9,19H,10H2,1H3. The van der Waals surface area contributed by atoms with Gasteiger partial charge in [0, 0.05) is 18.8 Å². The summed E-state index contributed by atoms with van der Waals surface area (Å²) in [7, 11) is 0. The molecule has 4 aromatic heterocycles. The first-order valence-corrected chi connectivity index (χ1v) is 9.29. The topological polar surface area (TPSA) is 61.4 Å². The highest BCUT2D eigenvalue weighted by atomic mass is 19.3. The number of aryl methyl sites for hydroxylation is 1. The number of halogens is 4. The van der Waals surface area contributed by atoms with E-state index < -0.39 is 23.8 Å². The predicted octanol–water partition coefficient (Wildman–Crippen LogP) is 4.74. The van der Waals surface area contributed by atoms with Gasteiger partial charge in [-0.05, 0) is 36.8 Å². The highest BCUT2D eigenvalue weighted by molar-refractivity contribution is 5.78. The number of benzene rings is 1. The van der Waals surface area contributed by atoms with Gasteiger partial charge < -0.3 is 4.57 Å². The fourth-order valence-corrected chi connectivity index (χ4v) is 3.55. The molecule has 5 rings (SSSR count). The van der Waals surface area contributed by atoms with Crippen LogP contribution in [0.2, 0.25) is 0 Å². The van der Waals surface area contributed by atoms with Crippen molar-refractivity contribution in [2.24, 2.45) is 0 Å². The number of hydrogen-bond donors (Lipinski definition) is 0. The molecule has 0 fully saturated rings. The first-order chi connectivity index (χ1) is 14.9. The second-order valence-corrected chi connectivity index (χ2v) is 7.05. The molecule has 10 heteroatoms. The van der Waals surface area contributed by atoms with Gasteiger partial charge >= 0.3 is 0 Å². The van der Waals surface area contributed by atoms with Crippen molar-refractivity contribution in [3.05, 3.63) is 77.6 Å². The van der Waals surface area contributed by atoms with E-state index in [1.54, 1.807) is 40.6 Å². The second-order valence-electron chi connectivity index (χ2n) is 7.05. The van der Waals surface area contributed by atoms with Gasteiger partial charge in [-0.15, -0.1) is 0 Å². The van der Waals surface area contributed by atoms with E-state index in [0.717, 1.165) is 12.3 Å². The van der Waals surface area contributed by atoms with Crippen molar-refractivity contribution in [2.45, 2.75) is 19.9 Å². The third kappa shape index (κ3) is 3.39. The average molecular weight is 426 g/mol. The number of imidazole rings is 1. The van der Waals surface area contributed by atoms with Crippen LogP contribution in [0, 0.1) is 18.6 Å². The Morgan fingerprint density at radius 1 is 0.968 bits per heavy atom. The van der Waals surface area contributed by atoms with Gasteiger partial charge in [0.2, 0.25) is 0 Å². The SMILES string of the molecule is Cc1nc2ncc(-n3ccc4ncc(C(F)F)nc43)cc2n1Cc1cc(F)cc(F)c1. The maximum Gasteiger partial charge on any atom is 0.281 e. The van der Waals surface area contributed by atoms with Crippen LogP contribution in [0.4, 0.5) is 17.6 Å². The fraction of sp³-hybridized carbons (Fsp3) is 0.143. The summed E-state index contributed by atoms with van der Waals surface area (Å²) in [6, 6.07) is 6.76. The molecule has 0 aliphatic heterocycles. The summed E-state index contributed by atoms with van der Waals surface area (Å²) in [4.78, 5) is 16.8. The van der Waals surface area contributed by atoms with E-state index in [0.29, 0.717) is 33.8 Å². The summed E-state index contributed by atoms with van der Waals surface area (Å²) in [5.41, 5.74) is 2.39. The van der Waals surface area contributed by atoms with Crippen LogP contribution in [0.3, 0.4) is 0 Å². The van der Waals surface area contributed by atoms with Crippen LogP contribution >= 0.6 is 0 Å². The second kappa shape index (κ2) is 7.15. The van der Waals surface area contributed by atoms with E-state index in [1.807, 2.05) is 0 Å². The minimum absolute atomic E-state index is 0.184. The lowest BCUT2D eigenvalue weighted by Crippen LogP contribution is -2.04. The minimum Gasteiger partial charge on any atom is -0.322 e. The van der Waals surface area contributed by atoms with E-state index >= 15 is 0 Å². The summed E-state index contributed by atoms with van der Waals surface area (Å²) >= 11 is 0. The predicted molar refractivity (Wildman–Crippen MR) is 105 cm³/mol. The number of aromatic nitrogens is 6. The smallest absolute Gasteiger partial charge is 0.281 e. The highest BCUT2D eigenvalue weighted by Gasteiger charge is 2.16. The molecule has 0 aliphatic carbocycles. The summed E-state index contributed by atoms with van der Waals surface area (Å²) in [5, 5.41) is 0. The molecule has 156 valence electrons. The Bertz CT molecular complexity index is 1420. The summed E-state index contributed by atoms with van der Waals surface area (Å²) in [5.74, 6) is -0.715. The molecule has 5 aromatic rings. The Labute approximate surface area is 172 Å². The van der Waals surface area contributed by atoms with Crippen LogP contribution in [0.25, 0.3) is 28.0 Å². The molecule has 1 aromatic carbocycles. The molecule has 0 unspecified atom stereocenters. The molecule has 4 heterocycles. The molecule has 0 aliphatic rings. The van der Waals surface area contributed by atoms with Crippen molar-refractivity contribution in [2.75, 3.05) is 0 Å². The van der Waals surface area contributed by atoms with Gasteiger partial charge in [-0.2, -0.15) is 0 Å². The molecule has 0 radical (unpaired) electrons. The average Bonchev–Trinajstić information content (AvgIpc) is 3.27. The van der Waals surface area contributed by atoms with E-state index in [2.05, 4.69) is 19.9 Å². The Hall–Kier alpha value is -3.82. The minimum atomic E-state index is -2.74. The normalized spacial score (nSPS) is 11.8. The van der Waals surface area contributed by atoms with Gasteiger partial charge in [-0.3, -0.25) is 9.55 Å². The van der Waals surface area contributed by atoms with Gasteiger partial charge in [-0.1, -0.05) is 0 Å². The van der Waals surface area contributed by atoms with Crippen LogP contribution in [-0.2, 0) is 6.54 Å².